The van der Waals surface area contributed by atoms with E-state index in [9.17, 15) is 4.79 Å². The molecule has 4 aromatic rings. The molecule has 0 aliphatic rings. The van der Waals surface area contributed by atoms with E-state index in [2.05, 4.69) is 10.3 Å². The molecule has 2 aromatic heterocycles. The normalized spacial score (nSPS) is 10.6. The Morgan fingerprint density at radius 3 is 2.54 bits per heavy atom. The van der Waals surface area contributed by atoms with Crippen LogP contribution in [0.25, 0.3) is 16.9 Å². The lowest BCUT2D eigenvalue weighted by molar-refractivity contribution is 0.102. The number of carbonyl (C=O) groups excluding carboxylic acids is 1. The predicted octanol–water partition coefficient (Wildman–Crippen LogP) is 4.27. The number of hydrogen-bond donors (Lipinski definition) is 1. The molecular weight excluding hydrogens is 354 g/mol. The van der Waals surface area contributed by atoms with Crippen LogP contribution in [-0.4, -0.2) is 29.5 Å². The Morgan fingerprint density at radius 1 is 1.00 bits per heavy atom. The summed E-state index contributed by atoms with van der Waals surface area (Å²) in [5.74, 6) is 0.809. The molecule has 4 rings (SSSR count). The van der Waals surface area contributed by atoms with Gasteiger partial charge < -0.3 is 19.2 Å². The monoisotopic (exact) mass is 373 g/mol. The Hall–Kier alpha value is -3.80. The number of pyridine rings is 1. The van der Waals surface area contributed by atoms with Crippen molar-refractivity contribution in [2.45, 2.75) is 0 Å². The zero-order valence-corrected chi connectivity index (χ0v) is 15.5. The highest BCUT2D eigenvalue weighted by Crippen LogP contribution is 2.26. The summed E-state index contributed by atoms with van der Waals surface area (Å²) in [5.41, 5.74) is 3.83. The van der Waals surface area contributed by atoms with E-state index in [-0.39, 0.29) is 5.91 Å². The van der Waals surface area contributed by atoms with Crippen LogP contribution in [0.1, 0.15) is 10.4 Å². The fraction of sp³-hybridized carbons (Fsp3) is 0.0909. The van der Waals surface area contributed by atoms with Gasteiger partial charge in [0.25, 0.3) is 5.91 Å². The van der Waals surface area contributed by atoms with Gasteiger partial charge in [-0.1, -0.05) is 18.2 Å². The highest BCUT2D eigenvalue weighted by Gasteiger charge is 2.14. The number of carbonyl (C=O) groups is 1. The fourth-order valence-corrected chi connectivity index (χ4v) is 2.99. The van der Waals surface area contributed by atoms with Gasteiger partial charge in [-0.15, -0.1) is 0 Å². The molecule has 1 amide bonds. The van der Waals surface area contributed by atoms with Gasteiger partial charge in [0, 0.05) is 23.6 Å². The van der Waals surface area contributed by atoms with Crippen LogP contribution >= 0.6 is 0 Å². The molecule has 1 N–H and O–H groups in total. The molecule has 0 aliphatic heterocycles. The van der Waals surface area contributed by atoms with E-state index in [0.29, 0.717) is 22.7 Å². The van der Waals surface area contributed by atoms with Crippen molar-refractivity contribution in [1.29, 1.82) is 0 Å². The summed E-state index contributed by atoms with van der Waals surface area (Å²) in [6, 6.07) is 18.5. The van der Waals surface area contributed by atoms with E-state index in [0.717, 1.165) is 16.9 Å². The molecule has 0 aliphatic carbocycles. The molecule has 0 unspecified atom stereocenters. The molecule has 2 heterocycles. The van der Waals surface area contributed by atoms with Crippen LogP contribution in [0.5, 0.6) is 11.5 Å². The molecule has 0 bridgehead atoms. The van der Waals surface area contributed by atoms with Gasteiger partial charge in [0.05, 0.1) is 25.5 Å². The maximum atomic E-state index is 12.7. The minimum absolute atomic E-state index is 0.267. The lowest BCUT2D eigenvalue weighted by atomic mass is 10.1. The first-order valence-electron chi connectivity index (χ1n) is 8.75. The highest BCUT2D eigenvalue weighted by atomic mass is 16.5. The van der Waals surface area contributed by atoms with E-state index in [4.69, 9.17) is 9.47 Å². The number of nitrogens with zero attached hydrogens (tertiary/aromatic N) is 2. The molecular formula is C22H19N3O3. The van der Waals surface area contributed by atoms with Crippen molar-refractivity contribution in [2.24, 2.45) is 0 Å². The molecule has 0 saturated carbocycles. The summed E-state index contributed by atoms with van der Waals surface area (Å²) in [6.07, 6.45) is 3.94. The minimum Gasteiger partial charge on any atom is -0.497 e. The number of fused-ring (bicyclic) bond motifs is 1. The summed E-state index contributed by atoms with van der Waals surface area (Å²) in [4.78, 5) is 17.3. The third-order valence-corrected chi connectivity index (χ3v) is 4.45. The summed E-state index contributed by atoms with van der Waals surface area (Å²) in [6.45, 7) is 0. The van der Waals surface area contributed by atoms with Gasteiger partial charge in [0.1, 0.15) is 17.1 Å². The van der Waals surface area contributed by atoms with E-state index < -0.39 is 0 Å². The zero-order chi connectivity index (χ0) is 19.5. The van der Waals surface area contributed by atoms with Crippen molar-refractivity contribution in [3.8, 4) is 22.8 Å². The van der Waals surface area contributed by atoms with E-state index in [1.807, 2.05) is 59.3 Å². The van der Waals surface area contributed by atoms with E-state index >= 15 is 0 Å². The van der Waals surface area contributed by atoms with Crippen LogP contribution in [0.2, 0.25) is 0 Å². The molecule has 6 heteroatoms. The molecule has 0 atom stereocenters. The number of aromatic nitrogens is 2. The first-order chi connectivity index (χ1) is 13.7. The first-order valence-corrected chi connectivity index (χ1v) is 8.75. The third-order valence-electron chi connectivity index (χ3n) is 4.45. The summed E-state index contributed by atoms with van der Waals surface area (Å²) < 4.78 is 12.5. The second-order valence-electron chi connectivity index (χ2n) is 6.19. The average Bonchev–Trinajstić information content (AvgIpc) is 3.18. The molecule has 6 nitrogen and oxygen atoms in total. The van der Waals surface area contributed by atoms with Crippen molar-refractivity contribution >= 4 is 17.2 Å². The van der Waals surface area contributed by atoms with Crippen molar-refractivity contribution in [3.05, 3.63) is 78.6 Å². The van der Waals surface area contributed by atoms with Gasteiger partial charge in [0.15, 0.2) is 0 Å². The van der Waals surface area contributed by atoms with Crippen LogP contribution < -0.4 is 14.8 Å². The Labute approximate surface area is 162 Å². The predicted molar refractivity (Wildman–Crippen MR) is 108 cm³/mol. The summed E-state index contributed by atoms with van der Waals surface area (Å²) >= 11 is 0. The number of methoxy groups -OCH3 is 2. The van der Waals surface area contributed by atoms with E-state index in [1.165, 1.54) is 7.11 Å². The summed E-state index contributed by atoms with van der Waals surface area (Å²) in [7, 11) is 3.09. The van der Waals surface area contributed by atoms with Crippen molar-refractivity contribution in [2.75, 3.05) is 19.5 Å². The van der Waals surface area contributed by atoms with Crippen LogP contribution in [0.3, 0.4) is 0 Å². The number of ether oxygens (including phenoxy) is 2. The highest BCUT2D eigenvalue weighted by molar-refractivity contribution is 6.06. The lowest BCUT2D eigenvalue weighted by Crippen LogP contribution is -2.13. The van der Waals surface area contributed by atoms with Crippen molar-refractivity contribution in [1.82, 2.24) is 9.38 Å². The van der Waals surface area contributed by atoms with Crippen molar-refractivity contribution < 1.29 is 14.3 Å². The van der Waals surface area contributed by atoms with Gasteiger partial charge in [-0.25, -0.2) is 4.98 Å². The number of hydrogen-bond acceptors (Lipinski definition) is 4. The molecule has 28 heavy (non-hydrogen) atoms. The Kier molecular flexibility index (Phi) is 4.68. The van der Waals surface area contributed by atoms with Crippen LogP contribution in [0.4, 0.5) is 5.69 Å². The second-order valence-corrected chi connectivity index (χ2v) is 6.19. The van der Waals surface area contributed by atoms with Gasteiger partial charge in [-0.2, -0.15) is 0 Å². The third kappa shape index (κ3) is 3.40. The molecule has 0 fully saturated rings. The number of rotatable bonds is 5. The number of anilines is 1. The second kappa shape index (κ2) is 7.44. The fourth-order valence-electron chi connectivity index (χ4n) is 2.99. The SMILES string of the molecule is COc1ccc(OC)c(C(=O)Nc2ccc(-c3cn4ccccc4n3)cc2)c1. The lowest BCUT2D eigenvalue weighted by Gasteiger charge is -2.11. The minimum atomic E-state index is -0.267. The standard InChI is InChI=1S/C22H19N3O3/c1-27-17-10-11-20(28-2)18(13-17)22(26)23-16-8-6-15(7-9-16)19-14-25-12-4-3-5-21(25)24-19/h3-14H,1-2H3,(H,23,26). The quantitative estimate of drug-likeness (QED) is 0.567. The first kappa shape index (κ1) is 17.6. The zero-order valence-electron chi connectivity index (χ0n) is 15.5. The molecule has 2 aromatic carbocycles. The molecule has 0 radical (unpaired) electrons. The average molecular weight is 373 g/mol. The topological polar surface area (TPSA) is 64.9 Å². The smallest absolute Gasteiger partial charge is 0.259 e. The number of amides is 1. The van der Waals surface area contributed by atoms with Gasteiger partial charge in [-0.3, -0.25) is 4.79 Å². The van der Waals surface area contributed by atoms with Gasteiger partial charge >= 0.3 is 0 Å². The molecule has 140 valence electrons. The van der Waals surface area contributed by atoms with Crippen LogP contribution in [0.15, 0.2) is 73.1 Å². The van der Waals surface area contributed by atoms with Crippen LogP contribution in [-0.2, 0) is 0 Å². The Morgan fingerprint density at radius 2 is 1.82 bits per heavy atom. The molecule has 0 spiro atoms. The maximum absolute atomic E-state index is 12.7. The number of imidazole rings is 1. The van der Waals surface area contributed by atoms with Gasteiger partial charge in [0.2, 0.25) is 0 Å². The summed E-state index contributed by atoms with van der Waals surface area (Å²) in [5, 5.41) is 2.89. The Balaban J connectivity index is 1.55. The number of nitrogens with one attached hydrogen (secondary N) is 1. The maximum Gasteiger partial charge on any atom is 0.259 e. The largest absolute Gasteiger partial charge is 0.497 e. The van der Waals surface area contributed by atoms with Crippen LogP contribution in [0, 0.1) is 0 Å². The Bertz CT molecular complexity index is 1100. The number of benzene rings is 2. The van der Waals surface area contributed by atoms with E-state index in [1.54, 1.807) is 25.3 Å². The van der Waals surface area contributed by atoms with Gasteiger partial charge in [-0.05, 0) is 42.5 Å². The molecule has 0 saturated heterocycles. The van der Waals surface area contributed by atoms with Crippen molar-refractivity contribution in [3.63, 3.8) is 0 Å².